The Morgan fingerprint density at radius 2 is 2.06 bits per heavy atom. The molecule has 0 atom stereocenters. The topological polar surface area (TPSA) is 60.9 Å². The minimum absolute atomic E-state index is 0.313. The summed E-state index contributed by atoms with van der Waals surface area (Å²) in [4.78, 5) is 11.0. The molecule has 4 nitrogen and oxygen atoms in total. The van der Waals surface area contributed by atoms with Crippen molar-refractivity contribution in [1.29, 1.82) is 0 Å². The quantitative estimate of drug-likeness (QED) is 0.833. The highest BCUT2D eigenvalue weighted by molar-refractivity contribution is 5.90. The van der Waals surface area contributed by atoms with Gasteiger partial charge in [-0.1, -0.05) is 30.3 Å². The van der Waals surface area contributed by atoms with Gasteiger partial charge in [0.2, 0.25) is 0 Å². The van der Waals surface area contributed by atoms with Crippen molar-refractivity contribution in [1.82, 2.24) is 9.78 Å². The van der Waals surface area contributed by atoms with Gasteiger partial charge in [-0.2, -0.15) is 5.10 Å². The Morgan fingerprint density at radius 1 is 1.38 bits per heavy atom. The zero-order valence-electron chi connectivity index (χ0n) is 9.05. The van der Waals surface area contributed by atoms with Crippen LogP contribution in [0.4, 0.5) is 0 Å². The number of amides is 1. The molecule has 0 saturated carbocycles. The summed E-state index contributed by atoms with van der Waals surface area (Å²) in [6.07, 6.45) is 0.748. The maximum Gasteiger partial charge on any atom is 0.269 e. The lowest BCUT2D eigenvalue weighted by atomic mass is 10.1. The van der Waals surface area contributed by atoms with Crippen LogP contribution in [0.1, 0.15) is 21.7 Å². The molecule has 0 unspecified atom stereocenters. The number of nitrogens with zero attached hydrogens (tertiary/aromatic N) is 2. The van der Waals surface area contributed by atoms with Gasteiger partial charge in [0.1, 0.15) is 5.69 Å². The van der Waals surface area contributed by atoms with Crippen LogP contribution in [0.2, 0.25) is 0 Å². The number of hydrogen-bond donors (Lipinski definition) is 1. The van der Waals surface area contributed by atoms with Gasteiger partial charge in [0.05, 0.1) is 0 Å². The summed E-state index contributed by atoms with van der Waals surface area (Å²) in [6.45, 7) is 0. The summed E-state index contributed by atoms with van der Waals surface area (Å²) in [6, 6.07) is 11.8. The molecule has 1 heterocycles. The van der Waals surface area contributed by atoms with Crippen molar-refractivity contribution < 1.29 is 4.79 Å². The maximum atomic E-state index is 11.0. The number of carbonyl (C=O) groups is 1. The van der Waals surface area contributed by atoms with Gasteiger partial charge in [-0.05, 0) is 11.6 Å². The Balaban J connectivity index is 2.25. The molecule has 82 valence electrons. The number of hydrogen-bond acceptors (Lipinski definition) is 2. The van der Waals surface area contributed by atoms with Gasteiger partial charge in [-0.25, -0.2) is 0 Å². The summed E-state index contributed by atoms with van der Waals surface area (Å²) in [5.74, 6) is -0.491. The highest BCUT2D eigenvalue weighted by Gasteiger charge is 2.09. The SMILES string of the molecule is Cn1nc(C(N)=O)cc1Cc1ccccc1. The number of aryl methyl sites for hydroxylation is 1. The molecule has 0 radical (unpaired) electrons. The lowest BCUT2D eigenvalue weighted by Crippen LogP contribution is -2.11. The predicted molar refractivity (Wildman–Crippen MR) is 61.0 cm³/mol. The normalized spacial score (nSPS) is 10.3. The van der Waals surface area contributed by atoms with Crippen LogP contribution in [0.3, 0.4) is 0 Å². The summed E-state index contributed by atoms with van der Waals surface area (Å²) in [7, 11) is 1.81. The average molecular weight is 215 g/mol. The standard InChI is InChI=1S/C12H13N3O/c1-15-10(8-11(14-15)12(13)16)7-9-5-3-2-4-6-9/h2-6,8H,7H2,1H3,(H2,13,16). The summed E-state index contributed by atoms with van der Waals surface area (Å²) in [5, 5.41) is 4.05. The van der Waals surface area contributed by atoms with Gasteiger partial charge in [0.25, 0.3) is 5.91 Å². The molecular formula is C12H13N3O. The Kier molecular flexibility index (Phi) is 2.72. The van der Waals surface area contributed by atoms with E-state index in [1.165, 1.54) is 5.56 Å². The van der Waals surface area contributed by atoms with Crippen molar-refractivity contribution in [3.05, 3.63) is 53.3 Å². The average Bonchev–Trinajstić information content (AvgIpc) is 2.62. The molecule has 2 aromatic rings. The fraction of sp³-hybridized carbons (Fsp3) is 0.167. The van der Waals surface area contributed by atoms with Gasteiger partial charge < -0.3 is 5.73 Å². The number of carbonyl (C=O) groups excluding carboxylic acids is 1. The van der Waals surface area contributed by atoms with E-state index in [1.54, 1.807) is 10.7 Å². The number of rotatable bonds is 3. The van der Waals surface area contributed by atoms with Gasteiger partial charge in [-0.15, -0.1) is 0 Å². The van der Waals surface area contributed by atoms with Crippen LogP contribution in [0, 0.1) is 0 Å². The first kappa shape index (κ1) is 10.4. The Morgan fingerprint density at radius 3 is 2.62 bits per heavy atom. The van der Waals surface area contributed by atoms with Crippen molar-refractivity contribution in [2.75, 3.05) is 0 Å². The van der Waals surface area contributed by atoms with Crippen LogP contribution < -0.4 is 5.73 Å². The molecule has 0 aliphatic rings. The third kappa shape index (κ3) is 2.11. The fourth-order valence-electron chi connectivity index (χ4n) is 1.60. The van der Waals surface area contributed by atoms with Gasteiger partial charge >= 0.3 is 0 Å². The number of primary amides is 1. The molecule has 0 saturated heterocycles. The van der Waals surface area contributed by atoms with Crippen LogP contribution in [-0.2, 0) is 13.5 Å². The largest absolute Gasteiger partial charge is 0.364 e. The van der Waals surface area contributed by atoms with E-state index in [4.69, 9.17) is 5.73 Å². The fourth-order valence-corrected chi connectivity index (χ4v) is 1.60. The van der Waals surface area contributed by atoms with E-state index in [-0.39, 0.29) is 0 Å². The summed E-state index contributed by atoms with van der Waals surface area (Å²) < 4.78 is 1.69. The van der Waals surface area contributed by atoms with Gasteiger partial charge in [-0.3, -0.25) is 9.48 Å². The minimum Gasteiger partial charge on any atom is -0.364 e. The lowest BCUT2D eigenvalue weighted by molar-refractivity contribution is 0.0995. The summed E-state index contributed by atoms with van der Waals surface area (Å²) in [5.41, 5.74) is 7.64. The number of aromatic nitrogens is 2. The molecule has 1 amide bonds. The zero-order chi connectivity index (χ0) is 11.5. The van der Waals surface area contributed by atoms with E-state index in [2.05, 4.69) is 5.10 Å². The van der Waals surface area contributed by atoms with Crippen molar-refractivity contribution in [3.63, 3.8) is 0 Å². The molecule has 0 aliphatic heterocycles. The molecule has 1 aromatic heterocycles. The number of nitrogens with two attached hydrogens (primary N) is 1. The molecule has 1 aromatic carbocycles. The molecule has 0 spiro atoms. The highest BCUT2D eigenvalue weighted by Crippen LogP contribution is 2.09. The first-order chi connectivity index (χ1) is 7.66. The third-order valence-electron chi connectivity index (χ3n) is 2.46. The van der Waals surface area contributed by atoms with Crippen molar-refractivity contribution in [2.45, 2.75) is 6.42 Å². The molecule has 16 heavy (non-hydrogen) atoms. The van der Waals surface area contributed by atoms with E-state index >= 15 is 0 Å². The van der Waals surface area contributed by atoms with Crippen LogP contribution >= 0.6 is 0 Å². The van der Waals surface area contributed by atoms with Crippen LogP contribution in [0.5, 0.6) is 0 Å². The van der Waals surface area contributed by atoms with E-state index < -0.39 is 5.91 Å². The van der Waals surface area contributed by atoms with E-state index in [0.717, 1.165) is 12.1 Å². The molecule has 2 rings (SSSR count). The first-order valence-corrected chi connectivity index (χ1v) is 5.03. The van der Waals surface area contributed by atoms with E-state index in [9.17, 15) is 4.79 Å². The smallest absolute Gasteiger partial charge is 0.269 e. The van der Waals surface area contributed by atoms with E-state index in [1.807, 2.05) is 37.4 Å². The molecular weight excluding hydrogens is 202 g/mol. The Labute approximate surface area is 93.7 Å². The van der Waals surface area contributed by atoms with Crippen LogP contribution in [0.25, 0.3) is 0 Å². The minimum atomic E-state index is -0.491. The van der Waals surface area contributed by atoms with Crippen molar-refractivity contribution in [2.24, 2.45) is 12.8 Å². The number of benzene rings is 1. The molecule has 4 heteroatoms. The maximum absolute atomic E-state index is 11.0. The second kappa shape index (κ2) is 4.18. The Hall–Kier alpha value is -2.10. The molecule has 0 bridgehead atoms. The predicted octanol–water partition coefficient (Wildman–Crippen LogP) is 1.11. The second-order valence-corrected chi connectivity index (χ2v) is 3.67. The second-order valence-electron chi connectivity index (χ2n) is 3.67. The highest BCUT2D eigenvalue weighted by atomic mass is 16.1. The van der Waals surface area contributed by atoms with Gasteiger partial charge in [0.15, 0.2) is 0 Å². The summed E-state index contributed by atoms with van der Waals surface area (Å²) >= 11 is 0. The molecule has 0 fully saturated rings. The third-order valence-corrected chi connectivity index (χ3v) is 2.46. The molecule has 0 aliphatic carbocycles. The monoisotopic (exact) mass is 215 g/mol. The lowest BCUT2D eigenvalue weighted by Gasteiger charge is -2.00. The first-order valence-electron chi connectivity index (χ1n) is 5.03. The van der Waals surface area contributed by atoms with Crippen molar-refractivity contribution >= 4 is 5.91 Å². The van der Waals surface area contributed by atoms with E-state index in [0.29, 0.717) is 5.69 Å². The van der Waals surface area contributed by atoms with Gasteiger partial charge in [0, 0.05) is 19.2 Å². The van der Waals surface area contributed by atoms with Crippen LogP contribution in [0.15, 0.2) is 36.4 Å². The molecule has 2 N–H and O–H groups in total. The Bertz CT molecular complexity index is 502. The van der Waals surface area contributed by atoms with Crippen LogP contribution in [-0.4, -0.2) is 15.7 Å². The zero-order valence-corrected chi connectivity index (χ0v) is 9.05. The van der Waals surface area contributed by atoms with Crippen molar-refractivity contribution in [3.8, 4) is 0 Å².